The number of hydrogen-bond acceptors (Lipinski definition) is 4. The molecule has 0 saturated carbocycles. The molecule has 0 radical (unpaired) electrons. The third kappa shape index (κ3) is 4.19. The molecule has 2 aromatic rings. The Morgan fingerprint density at radius 3 is 2.90 bits per heavy atom. The minimum absolute atomic E-state index is 0.179. The van der Waals surface area contributed by atoms with Crippen LogP contribution in [0.3, 0.4) is 0 Å². The molecule has 1 N–H and O–H groups in total. The Morgan fingerprint density at radius 1 is 1.33 bits per heavy atom. The van der Waals surface area contributed by atoms with Crippen LogP contribution < -0.4 is 10.1 Å². The molecular formula is C15H15FN2O2S. The zero-order valence-corrected chi connectivity index (χ0v) is 12.3. The van der Waals surface area contributed by atoms with Crippen molar-refractivity contribution < 1.29 is 13.9 Å². The van der Waals surface area contributed by atoms with E-state index >= 15 is 0 Å². The molecule has 1 aromatic carbocycles. The molecule has 4 nitrogen and oxygen atoms in total. The van der Waals surface area contributed by atoms with E-state index in [4.69, 9.17) is 4.74 Å². The van der Waals surface area contributed by atoms with Crippen LogP contribution >= 0.6 is 11.8 Å². The van der Waals surface area contributed by atoms with E-state index in [1.807, 2.05) is 6.26 Å². The second kappa shape index (κ2) is 7.64. The third-order valence-electron chi connectivity index (χ3n) is 2.69. The van der Waals surface area contributed by atoms with Gasteiger partial charge in [-0.05, 0) is 30.5 Å². The van der Waals surface area contributed by atoms with E-state index in [9.17, 15) is 9.18 Å². The Balaban J connectivity index is 1.83. The maximum absolute atomic E-state index is 13.3. The van der Waals surface area contributed by atoms with Crippen LogP contribution in [0.1, 0.15) is 10.4 Å². The third-order valence-corrected chi connectivity index (χ3v) is 3.40. The monoisotopic (exact) mass is 306 g/mol. The first-order valence-electron chi connectivity index (χ1n) is 6.37. The quantitative estimate of drug-likeness (QED) is 0.658. The molecule has 110 valence electrons. The van der Waals surface area contributed by atoms with Gasteiger partial charge in [-0.15, -0.1) is 11.8 Å². The van der Waals surface area contributed by atoms with Gasteiger partial charge in [0.2, 0.25) is 0 Å². The van der Waals surface area contributed by atoms with Gasteiger partial charge in [-0.25, -0.2) is 9.37 Å². The summed E-state index contributed by atoms with van der Waals surface area (Å²) in [5.74, 6) is -0.455. The van der Waals surface area contributed by atoms with Crippen LogP contribution in [0.25, 0.3) is 0 Å². The van der Waals surface area contributed by atoms with Gasteiger partial charge in [0.25, 0.3) is 5.91 Å². The lowest BCUT2D eigenvalue weighted by Crippen LogP contribution is -2.28. The SMILES string of the molecule is CSc1ncccc1C(=O)NCCOc1ccccc1F. The number of ether oxygens (including phenoxy) is 1. The number of aromatic nitrogens is 1. The highest BCUT2D eigenvalue weighted by atomic mass is 32.2. The predicted octanol–water partition coefficient (Wildman–Crippen LogP) is 2.75. The number of carbonyl (C=O) groups excluding carboxylic acids is 1. The van der Waals surface area contributed by atoms with Crippen LogP contribution in [0.4, 0.5) is 4.39 Å². The average molecular weight is 306 g/mol. The van der Waals surface area contributed by atoms with Crippen molar-refractivity contribution in [3.8, 4) is 5.75 Å². The molecule has 0 aliphatic carbocycles. The number of amides is 1. The number of halogens is 1. The summed E-state index contributed by atoms with van der Waals surface area (Å²) < 4.78 is 18.6. The van der Waals surface area contributed by atoms with Gasteiger partial charge in [-0.1, -0.05) is 12.1 Å². The molecule has 0 saturated heterocycles. The molecule has 1 amide bonds. The molecule has 0 spiro atoms. The molecule has 1 aromatic heterocycles. The number of benzene rings is 1. The normalized spacial score (nSPS) is 10.2. The molecule has 0 unspecified atom stereocenters. The Kier molecular flexibility index (Phi) is 5.57. The van der Waals surface area contributed by atoms with Crippen molar-refractivity contribution in [3.63, 3.8) is 0 Å². The number of carbonyl (C=O) groups is 1. The van der Waals surface area contributed by atoms with E-state index in [2.05, 4.69) is 10.3 Å². The van der Waals surface area contributed by atoms with Crippen molar-refractivity contribution in [2.75, 3.05) is 19.4 Å². The van der Waals surface area contributed by atoms with E-state index in [0.29, 0.717) is 10.6 Å². The van der Waals surface area contributed by atoms with Crippen LogP contribution in [-0.2, 0) is 0 Å². The first-order valence-corrected chi connectivity index (χ1v) is 7.59. The minimum Gasteiger partial charge on any atom is -0.489 e. The van der Waals surface area contributed by atoms with E-state index in [-0.39, 0.29) is 24.8 Å². The van der Waals surface area contributed by atoms with Gasteiger partial charge >= 0.3 is 0 Å². The maximum atomic E-state index is 13.3. The van der Waals surface area contributed by atoms with Crippen LogP contribution in [0, 0.1) is 5.82 Å². The second-order valence-corrected chi connectivity index (χ2v) is 4.89. The number of pyridine rings is 1. The van der Waals surface area contributed by atoms with E-state index in [0.717, 1.165) is 0 Å². The van der Waals surface area contributed by atoms with Gasteiger partial charge in [0, 0.05) is 6.20 Å². The molecule has 0 aliphatic rings. The molecule has 0 fully saturated rings. The molecule has 0 atom stereocenters. The fraction of sp³-hybridized carbons (Fsp3) is 0.200. The number of hydrogen-bond donors (Lipinski definition) is 1. The lowest BCUT2D eigenvalue weighted by atomic mass is 10.2. The van der Waals surface area contributed by atoms with Crippen molar-refractivity contribution in [2.45, 2.75) is 5.03 Å². The number of thioether (sulfide) groups is 1. The highest BCUT2D eigenvalue weighted by Crippen LogP contribution is 2.17. The molecule has 6 heteroatoms. The number of nitrogens with zero attached hydrogens (tertiary/aromatic N) is 1. The molecule has 2 rings (SSSR count). The maximum Gasteiger partial charge on any atom is 0.254 e. The fourth-order valence-electron chi connectivity index (χ4n) is 1.71. The first-order chi connectivity index (χ1) is 10.2. The van der Waals surface area contributed by atoms with Crippen molar-refractivity contribution in [2.24, 2.45) is 0 Å². The Bertz CT molecular complexity index is 622. The van der Waals surface area contributed by atoms with Crippen LogP contribution in [-0.4, -0.2) is 30.3 Å². The summed E-state index contributed by atoms with van der Waals surface area (Å²) in [5.41, 5.74) is 0.524. The first kappa shape index (κ1) is 15.3. The van der Waals surface area contributed by atoms with Crippen molar-refractivity contribution >= 4 is 17.7 Å². The molecule has 0 bridgehead atoms. The summed E-state index contributed by atoms with van der Waals surface area (Å²) in [7, 11) is 0. The van der Waals surface area contributed by atoms with Gasteiger partial charge < -0.3 is 10.1 Å². The van der Waals surface area contributed by atoms with Gasteiger partial charge in [0.05, 0.1) is 12.1 Å². The topological polar surface area (TPSA) is 51.2 Å². The fourth-order valence-corrected chi connectivity index (χ4v) is 2.26. The van der Waals surface area contributed by atoms with E-state index in [1.54, 1.807) is 36.5 Å². The van der Waals surface area contributed by atoms with E-state index < -0.39 is 5.82 Å². The van der Waals surface area contributed by atoms with Gasteiger partial charge in [-0.2, -0.15) is 0 Å². The van der Waals surface area contributed by atoms with Gasteiger partial charge in [-0.3, -0.25) is 4.79 Å². The molecular weight excluding hydrogens is 291 g/mol. The van der Waals surface area contributed by atoms with Crippen LogP contribution in [0.5, 0.6) is 5.75 Å². The number of para-hydroxylation sites is 1. The summed E-state index contributed by atoms with van der Waals surface area (Å²) in [4.78, 5) is 16.1. The summed E-state index contributed by atoms with van der Waals surface area (Å²) in [6.07, 6.45) is 3.50. The second-order valence-electron chi connectivity index (χ2n) is 4.10. The van der Waals surface area contributed by atoms with Gasteiger partial charge in [0.1, 0.15) is 11.6 Å². The lowest BCUT2D eigenvalue weighted by Gasteiger charge is -2.09. The Morgan fingerprint density at radius 2 is 2.14 bits per heavy atom. The summed E-state index contributed by atoms with van der Waals surface area (Å²) >= 11 is 1.41. The molecule has 21 heavy (non-hydrogen) atoms. The Hall–Kier alpha value is -2.08. The van der Waals surface area contributed by atoms with Crippen molar-refractivity contribution in [1.29, 1.82) is 0 Å². The van der Waals surface area contributed by atoms with Crippen LogP contribution in [0.2, 0.25) is 0 Å². The summed E-state index contributed by atoms with van der Waals surface area (Å²) in [6.45, 7) is 0.484. The zero-order valence-electron chi connectivity index (χ0n) is 11.5. The number of nitrogens with one attached hydrogen (secondary N) is 1. The number of rotatable bonds is 6. The minimum atomic E-state index is -0.416. The van der Waals surface area contributed by atoms with Crippen molar-refractivity contribution in [1.82, 2.24) is 10.3 Å². The van der Waals surface area contributed by atoms with E-state index in [1.165, 1.54) is 17.8 Å². The summed E-state index contributed by atoms with van der Waals surface area (Å²) in [5, 5.41) is 3.39. The standard InChI is InChI=1S/C15H15FN2O2S/c1-21-15-11(5-4-8-18-15)14(19)17-9-10-20-13-7-3-2-6-12(13)16/h2-8H,9-10H2,1H3,(H,17,19). The highest BCUT2D eigenvalue weighted by Gasteiger charge is 2.10. The van der Waals surface area contributed by atoms with Crippen LogP contribution in [0.15, 0.2) is 47.6 Å². The largest absolute Gasteiger partial charge is 0.489 e. The zero-order chi connectivity index (χ0) is 15.1. The summed E-state index contributed by atoms with van der Waals surface area (Å²) in [6, 6.07) is 9.59. The highest BCUT2D eigenvalue weighted by molar-refractivity contribution is 7.98. The Labute approximate surface area is 126 Å². The molecule has 0 aliphatic heterocycles. The van der Waals surface area contributed by atoms with Crippen molar-refractivity contribution in [3.05, 3.63) is 54.0 Å². The smallest absolute Gasteiger partial charge is 0.254 e. The lowest BCUT2D eigenvalue weighted by molar-refractivity contribution is 0.0943. The molecule has 1 heterocycles. The average Bonchev–Trinajstić information content (AvgIpc) is 2.52. The predicted molar refractivity (Wildman–Crippen MR) is 80.2 cm³/mol. The van der Waals surface area contributed by atoms with Gasteiger partial charge in [0.15, 0.2) is 11.6 Å².